The second-order valence-electron chi connectivity index (χ2n) is 11.8. The SMILES string of the molecule is C=CCCCCOC(=O)[C@@H]1[C@H]2C(=O)N(CCCCCCO)C(C(=O)N(CC=C)CCCC)C23CC(C)[C@@]1(C)O3. The number of ether oxygens (including phenoxy) is 2. The van der Waals surface area contributed by atoms with E-state index in [9.17, 15) is 14.4 Å². The largest absolute Gasteiger partial charge is 0.465 e. The van der Waals surface area contributed by atoms with E-state index >= 15 is 0 Å². The first-order valence-corrected chi connectivity index (χ1v) is 15.0. The molecule has 3 fully saturated rings. The molecule has 3 aliphatic rings. The molecule has 0 aromatic carbocycles. The van der Waals surface area contributed by atoms with Gasteiger partial charge in [-0.3, -0.25) is 14.4 Å². The molecule has 3 unspecified atom stereocenters. The van der Waals surface area contributed by atoms with Gasteiger partial charge in [0.15, 0.2) is 0 Å². The van der Waals surface area contributed by atoms with Crippen LogP contribution < -0.4 is 0 Å². The maximum Gasteiger partial charge on any atom is 0.312 e. The van der Waals surface area contributed by atoms with Gasteiger partial charge >= 0.3 is 5.97 Å². The number of aliphatic hydroxyl groups is 1. The lowest BCUT2D eigenvalue weighted by molar-refractivity contribution is -0.162. The molecule has 0 saturated carbocycles. The minimum Gasteiger partial charge on any atom is -0.465 e. The van der Waals surface area contributed by atoms with Crippen LogP contribution in [0.1, 0.15) is 85.0 Å². The summed E-state index contributed by atoms with van der Waals surface area (Å²) in [6, 6.07) is -0.778. The van der Waals surface area contributed by atoms with Gasteiger partial charge in [-0.05, 0) is 57.8 Å². The van der Waals surface area contributed by atoms with Crippen LogP contribution in [-0.2, 0) is 23.9 Å². The predicted molar refractivity (Wildman–Crippen MR) is 151 cm³/mol. The lowest BCUT2D eigenvalue weighted by Gasteiger charge is -2.37. The fourth-order valence-electron chi connectivity index (χ4n) is 6.99. The van der Waals surface area contributed by atoms with E-state index in [4.69, 9.17) is 14.6 Å². The van der Waals surface area contributed by atoms with Crippen molar-refractivity contribution in [2.24, 2.45) is 17.8 Å². The molecule has 8 heteroatoms. The van der Waals surface area contributed by atoms with Crippen LogP contribution in [0.5, 0.6) is 0 Å². The second-order valence-corrected chi connectivity index (χ2v) is 11.8. The van der Waals surface area contributed by atoms with Crippen LogP contribution in [0.2, 0.25) is 0 Å². The summed E-state index contributed by atoms with van der Waals surface area (Å²) in [4.78, 5) is 45.5. The molecule has 2 amide bonds. The number of fused-ring (bicyclic) bond motifs is 1. The number of unbranched alkanes of at least 4 members (excludes halogenated alkanes) is 6. The van der Waals surface area contributed by atoms with E-state index < -0.39 is 35.0 Å². The van der Waals surface area contributed by atoms with Gasteiger partial charge in [0.2, 0.25) is 11.8 Å². The number of aliphatic hydroxyl groups excluding tert-OH is 1. The third-order valence-corrected chi connectivity index (χ3v) is 9.10. The summed E-state index contributed by atoms with van der Waals surface area (Å²) in [6.07, 6.45) is 11.5. The van der Waals surface area contributed by atoms with Crippen LogP contribution in [0.4, 0.5) is 0 Å². The highest BCUT2D eigenvalue weighted by Gasteiger charge is 2.80. The first-order valence-electron chi connectivity index (χ1n) is 15.0. The Labute approximate surface area is 234 Å². The Morgan fingerprint density at radius 2 is 1.90 bits per heavy atom. The predicted octanol–water partition coefficient (Wildman–Crippen LogP) is 4.26. The van der Waals surface area contributed by atoms with Crippen molar-refractivity contribution in [2.45, 2.75) is 102 Å². The van der Waals surface area contributed by atoms with Crippen molar-refractivity contribution in [3.63, 3.8) is 0 Å². The van der Waals surface area contributed by atoms with Gasteiger partial charge in [-0.1, -0.05) is 45.3 Å². The van der Waals surface area contributed by atoms with Gasteiger partial charge in [-0.25, -0.2) is 0 Å². The highest BCUT2D eigenvalue weighted by Crippen LogP contribution is 2.65. The summed E-state index contributed by atoms with van der Waals surface area (Å²) < 4.78 is 12.5. The van der Waals surface area contributed by atoms with Crippen LogP contribution in [0, 0.1) is 17.8 Å². The molecule has 3 saturated heterocycles. The molecule has 0 aromatic heterocycles. The molecular weight excluding hydrogens is 496 g/mol. The molecule has 0 aliphatic carbocycles. The third kappa shape index (κ3) is 6.12. The molecule has 8 nitrogen and oxygen atoms in total. The molecule has 1 N–H and O–H groups in total. The molecule has 2 bridgehead atoms. The van der Waals surface area contributed by atoms with E-state index in [1.165, 1.54) is 0 Å². The highest BCUT2D eigenvalue weighted by molar-refractivity contribution is 5.98. The maximum atomic E-state index is 14.3. The zero-order chi connectivity index (χ0) is 28.6. The van der Waals surface area contributed by atoms with Gasteiger partial charge in [0, 0.05) is 26.2 Å². The molecule has 6 atom stereocenters. The van der Waals surface area contributed by atoms with Crippen LogP contribution in [0.15, 0.2) is 25.3 Å². The van der Waals surface area contributed by atoms with Crippen LogP contribution >= 0.6 is 0 Å². The fourth-order valence-corrected chi connectivity index (χ4v) is 6.99. The summed E-state index contributed by atoms with van der Waals surface area (Å²) in [6.45, 7) is 15.5. The van der Waals surface area contributed by atoms with E-state index in [2.05, 4.69) is 27.0 Å². The first kappa shape index (κ1) is 31.3. The third-order valence-electron chi connectivity index (χ3n) is 9.10. The number of rotatable bonds is 18. The number of hydrogen-bond acceptors (Lipinski definition) is 6. The summed E-state index contributed by atoms with van der Waals surface area (Å²) in [5.41, 5.74) is -1.91. The van der Waals surface area contributed by atoms with Crippen molar-refractivity contribution in [1.82, 2.24) is 9.80 Å². The number of hydrogen-bond donors (Lipinski definition) is 1. The Bertz CT molecular complexity index is 892. The maximum absolute atomic E-state index is 14.3. The fraction of sp³-hybridized carbons (Fsp3) is 0.774. The minimum atomic E-state index is -1.05. The normalized spacial score (nSPS) is 30.9. The van der Waals surface area contributed by atoms with E-state index in [0.29, 0.717) is 39.1 Å². The van der Waals surface area contributed by atoms with Crippen molar-refractivity contribution >= 4 is 17.8 Å². The van der Waals surface area contributed by atoms with Crippen molar-refractivity contribution in [1.29, 1.82) is 0 Å². The summed E-state index contributed by atoms with van der Waals surface area (Å²) in [5, 5.41) is 9.14. The number of carbonyl (C=O) groups is 3. The average molecular weight is 547 g/mol. The Kier molecular flexibility index (Phi) is 11.2. The molecule has 3 rings (SSSR count). The molecule has 220 valence electrons. The second kappa shape index (κ2) is 13.9. The number of amides is 2. The van der Waals surface area contributed by atoms with Gasteiger partial charge in [0.25, 0.3) is 0 Å². The molecule has 1 spiro atoms. The number of carbonyl (C=O) groups excluding carboxylic acids is 3. The standard InChI is InChI=1S/C31H50N2O6/c1-6-9-11-16-21-38-29(37)25-24-27(35)33(19-14-12-13-15-20-34)26(28(36)32(17-8-3)18-10-7-2)31(24)22-23(4)30(25,5)39-31/h6,8,23-26,34H,1,3,7,9-22H2,2,4-5H3/t23?,24-,25-,26?,30+,31?/m0/s1. The van der Waals surface area contributed by atoms with Crippen molar-refractivity contribution in [2.75, 3.05) is 32.8 Å². The van der Waals surface area contributed by atoms with E-state index in [1.54, 1.807) is 15.9 Å². The molecule has 3 heterocycles. The lowest BCUT2D eigenvalue weighted by atomic mass is 9.62. The lowest BCUT2D eigenvalue weighted by Crippen LogP contribution is -2.56. The van der Waals surface area contributed by atoms with Crippen LogP contribution in [0.25, 0.3) is 0 Å². The summed E-state index contributed by atoms with van der Waals surface area (Å²) in [7, 11) is 0. The Morgan fingerprint density at radius 3 is 2.56 bits per heavy atom. The molecular formula is C31H50N2O6. The quantitative estimate of drug-likeness (QED) is 0.157. The Balaban J connectivity index is 1.93. The number of esters is 1. The molecule has 39 heavy (non-hydrogen) atoms. The molecule has 0 aromatic rings. The smallest absolute Gasteiger partial charge is 0.312 e. The topological polar surface area (TPSA) is 96.4 Å². The van der Waals surface area contributed by atoms with Gasteiger partial charge in [-0.15, -0.1) is 13.2 Å². The number of likely N-dealkylation sites (tertiary alicyclic amines) is 1. The average Bonchev–Trinajstić information content (AvgIpc) is 3.42. The summed E-state index contributed by atoms with van der Waals surface area (Å²) >= 11 is 0. The Hall–Kier alpha value is -2.19. The van der Waals surface area contributed by atoms with E-state index in [-0.39, 0.29) is 24.3 Å². The zero-order valence-corrected chi connectivity index (χ0v) is 24.4. The van der Waals surface area contributed by atoms with Crippen molar-refractivity contribution < 1.29 is 29.0 Å². The van der Waals surface area contributed by atoms with Crippen LogP contribution in [0.3, 0.4) is 0 Å². The monoisotopic (exact) mass is 546 g/mol. The number of allylic oxidation sites excluding steroid dienone is 1. The van der Waals surface area contributed by atoms with Crippen LogP contribution in [-0.4, -0.2) is 82.8 Å². The highest BCUT2D eigenvalue weighted by atomic mass is 16.6. The number of nitrogens with zero attached hydrogens (tertiary/aromatic N) is 2. The van der Waals surface area contributed by atoms with Gasteiger partial charge in [0.1, 0.15) is 17.6 Å². The zero-order valence-electron chi connectivity index (χ0n) is 24.4. The minimum absolute atomic E-state index is 0.0110. The van der Waals surface area contributed by atoms with Gasteiger partial charge in [-0.2, -0.15) is 0 Å². The first-order chi connectivity index (χ1) is 18.7. The van der Waals surface area contributed by atoms with Gasteiger partial charge < -0.3 is 24.4 Å². The van der Waals surface area contributed by atoms with Crippen molar-refractivity contribution in [3.8, 4) is 0 Å². The van der Waals surface area contributed by atoms with E-state index in [0.717, 1.165) is 51.4 Å². The van der Waals surface area contributed by atoms with Gasteiger partial charge in [0.05, 0.1) is 18.1 Å². The summed E-state index contributed by atoms with van der Waals surface area (Å²) in [5.74, 6) is -2.18. The van der Waals surface area contributed by atoms with E-state index in [1.807, 2.05) is 13.0 Å². The molecule has 3 aliphatic heterocycles. The Morgan fingerprint density at radius 1 is 1.15 bits per heavy atom. The molecule has 0 radical (unpaired) electrons. The van der Waals surface area contributed by atoms with Crippen molar-refractivity contribution in [3.05, 3.63) is 25.3 Å².